The molecule has 0 aliphatic carbocycles. The van der Waals surface area contributed by atoms with Gasteiger partial charge >= 0.3 is 0 Å². The molecule has 3 aromatic rings. The van der Waals surface area contributed by atoms with Crippen molar-refractivity contribution in [3.63, 3.8) is 0 Å². The highest BCUT2D eigenvalue weighted by Gasteiger charge is 2.11. The molecular formula is C22H23N3O3. The van der Waals surface area contributed by atoms with Crippen LogP contribution in [0.2, 0.25) is 0 Å². The molecule has 0 bridgehead atoms. The maximum Gasteiger partial charge on any atom is 0.257 e. The van der Waals surface area contributed by atoms with Crippen LogP contribution in [-0.4, -0.2) is 25.1 Å². The van der Waals surface area contributed by atoms with Gasteiger partial charge in [0.1, 0.15) is 17.3 Å². The number of nitrogens with zero attached hydrogens (tertiary/aromatic N) is 1. The van der Waals surface area contributed by atoms with E-state index in [9.17, 15) is 4.79 Å². The van der Waals surface area contributed by atoms with Gasteiger partial charge in [-0.1, -0.05) is 29.8 Å². The second-order valence-corrected chi connectivity index (χ2v) is 6.33. The van der Waals surface area contributed by atoms with Crippen molar-refractivity contribution in [1.82, 2.24) is 4.98 Å². The lowest BCUT2D eigenvalue weighted by Gasteiger charge is -2.10. The Labute approximate surface area is 164 Å². The Morgan fingerprint density at radius 2 is 1.64 bits per heavy atom. The van der Waals surface area contributed by atoms with Gasteiger partial charge in [-0.15, -0.1) is 0 Å². The van der Waals surface area contributed by atoms with E-state index in [0.29, 0.717) is 29.4 Å². The Balaban J connectivity index is 1.62. The SMILES string of the molecule is COc1cc(OC)cc(C(=O)Nc2ccc(NCc3ccc(C)cc3)cn2)c1. The summed E-state index contributed by atoms with van der Waals surface area (Å²) in [6.45, 7) is 2.77. The largest absolute Gasteiger partial charge is 0.497 e. The molecule has 0 saturated carbocycles. The molecule has 0 unspecified atom stereocenters. The Bertz CT molecular complexity index is 916. The molecular weight excluding hydrogens is 354 g/mol. The molecule has 1 amide bonds. The fraction of sp³-hybridized carbons (Fsp3) is 0.182. The zero-order chi connectivity index (χ0) is 19.9. The van der Waals surface area contributed by atoms with Crippen LogP contribution in [0, 0.1) is 6.92 Å². The number of methoxy groups -OCH3 is 2. The van der Waals surface area contributed by atoms with Crippen LogP contribution in [0.1, 0.15) is 21.5 Å². The van der Waals surface area contributed by atoms with E-state index >= 15 is 0 Å². The van der Waals surface area contributed by atoms with Gasteiger partial charge in [0.15, 0.2) is 0 Å². The number of aryl methyl sites for hydroxylation is 1. The highest BCUT2D eigenvalue weighted by molar-refractivity contribution is 6.04. The third kappa shape index (κ3) is 5.01. The summed E-state index contributed by atoms with van der Waals surface area (Å²) in [6.07, 6.45) is 1.69. The molecule has 2 aromatic carbocycles. The summed E-state index contributed by atoms with van der Waals surface area (Å²) in [4.78, 5) is 16.8. The fourth-order valence-corrected chi connectivity index (χ4v) is 2.61. The Hall–Kier alpha value is -3.54. The number of rotatable bonds is 7. The van der Waals surface area contributed by atoms with Crippen LogP contribution in [0.25, 0.3) is 0 Å². The van der Waals surface area contributed by atoms with E-state index in [-0.39, 0.29) is 5.91 Å². The van der Waals surface area contributed by atoms with Gasteiger partial charge in [0.05, 0.1) is 26.1 Å². The van der Waals surface area contributed by atoms with E-state index in [4.69, 9.17) is 9.47 Å². The maximum absolute atomic E-state index is 12.5. The average molecular weight is 377 g/mol. The Morgan fingerprint density at radius 3 is 2.21 bits per heavy atom. The molecule has 0 radical (unpaired) electrons. The summed E-state index contributed by atoms with van der Waals surface area (Å²) in [5, 5.41) is 6.09. The molecule has 6 nitrogen and oxygen atoms in total. The molecule has 0 aliphatic heterocycles. The van der Waals surface area contributed by atoms with E-state index < -0.39 is 0 Å². The summed E-state index contributed by atoms with van der Waals surface area (Å²) in [7, 11) is 3.08. The first kappa shape index (κ1) is 19.2. The molecule has 1 aromatic heterocycles. The lowest BCUT2D eigenvalue weighted by molar-refractivity contribution is 0.102. The quantitative estimate of drug-likeness (QED) is 0.643. The molecule has 1 heterocycles. The van der Waals surface area contributed by atoms with E-state index in [2.05, 4.69) is 46.8 Å². The smallest absolute Gasteiger partial charge is 0.257 e. The molecule has 28 heavy (non-hydrogen) atoms. The van der Waals surface area contributed by atoms with Crippen molar-refractivity contribution in [2.24, 2.45) is 0 Å². The molecule has 0 spiro atoms. The highest BCUT2D eigenvalue weighted by atomic mass is 16.5. The lowest BCUT2D eigenvalue weighted by atomic mass is 10.1. The number of anilines is 2. The number of ether oxygens (including phenoxy) is 2. The average Bonchev–Trinajstić information content (AvgIpc) is 2.74. The number of carbonyl (C=O) groups is 1. The van der Waals surface area contributed by atoms with E-state index in [1.807, 2.05) is 6.07 Å². The molecule has 0 aliphatic rings. The first-order chi connectivity index (χ1) is 13.6. The number of hydrogen-bond acceptors (Lipinski definition) is 5. The molecule has 6 heteroatoms. The lowest BCUT2D eigenvalue weighted by Crippen LogP contribution is -2.13. The van der Waals surface area contributed by atoms with Crippen LogP contribution in [0.15, 0.2) is 60.8 Å². The Kier molecular flexibility index (Phi) is 6.11. The van der Waals surface area contributed by atoms with Crippen molar-refractivity contribution in [1.29, 1.82) is 0 Å². The zero-order valence-electron chi connectivity index (χ0n) is 16.2. The summed E-state index contributed by atoms with van der Waals surface area (Å²) in [5.74, 6) is 1.28. The molecule has 144 valence electrons. The first-order valence-corrected chi connectivity index (χ1v) is 8.87. The number of nitrogens with one attached hydrogen (secondary N) is 2. The number of hydrogen-bond donors (Lipinski definition) is 2. The second kappa shape index (κ2) is 8.90. The highest BCUT2D eigenvalue weighted by Crippen LogP contribution is 2.23. The van der Waals surface area contributed by atoms with E-state index in [0.717, 1.165) is 5.69 Å². The van der Waals surface area contributed by atoms with Gasteiger partial charge in [-0.05, 0) is 36.8 Å². The van der Waals surface area contributed by atoms with Gasteiger partial charge in [0.25, 0.3) is 5.91 Å². The number of carbonyl (C=O) groups excluding carboxylic acids is 1. The summed E-state index contributed by atoms with van der Waals surface area (Å²) in [6, 6.07) is 17.0. The van der Waals surface area contributed by atoms with E-state index in [1.165, 1.54) is 11.1 Å². The third-order valence-electron chi connectivity index (χ3n) is 4.24. The third-order valence-corrected chi connectivity index (χ3v) is 4.24. The summed E-state index contributed by atoms with van der Waals surface area (Å²) < 4.78 is 10.4. The molecule has 0 saturated heterocycles. The first-order valence-electron chi connectivity index (χ1n) is 8.87. The standard InChI is InChI=1S/C22H23N3O3/c1-15-4-6-16(7-5-15)13-23-18-8-9-21(24-14-18)25-22(26)17-10-19(27-2)12-20(11-17)28-3/h4-12,14,23H,13H2,1-3H3,(H,24,25,26). The Morgan fingerprint density at radius 1 is 0.964 bits per heavy atom. The summed E-state index contributed by atoms with van der Waals surface area (Å²) >= 11 is 0. The number of pyridine rings is 1. The van der Waals surface area contributed by atoms with Crippen LogP contribution < -0.4 is 20.1 Å². The van der Waals surface area contributed by atoms with Crippen molar-refractivity contribution in [2.45, 2.75) is 13.5 Å². The van der Waals surface area contributed by atoms with Crippen molar-refractivity contribution in [3.05, 3.63) is 77.5 Å². The molecule has 2 N–H and O–H groups in total. The van der Waals surface area contributed by atoms with Crippen LogP contribution in [0.4, 0.5) is 11.5 Å². The number of benzene rings is 2. The predicted octanol–water partition coefficient (Wildman–Crippen LogP) is 4.27. The fourth-order valence-electron chi connectivity index (χ4n) is 2.61. The minimum absolute atomic E-state index is 0.287. The van der Waals surface area contributed by atoms with Crippen LogP contribution in [0.3, 0.4) is 0 Å². The van der Waals surface area contributed by atoms with Gasteiger partial charge in [-0.3, -0.25) is 4.79 Å². The monoisotopic (exact) mass is 377 g/mol. The van der Waals surface area contributed by atoms with Crippen molar-refractivity contribution >= 4 is 17.4 Å². The van der Waals surface area contributed by atoms with Gasteiger partial charge in [0, 0.05) is 18.2 Å². The molecule has 3 rings (SSSR count). The second-order valence-electron chi connectivity index (χ2n) is 6.33. The zero-order valence-corrected chi connectivity index (χ0v) is 16.2. The van der Waals surface area contributed by atoms with Crippen molar-refractivity contribution < 1.29 is 14.3 Å². The number of amides is 1. The van der Waals surface area contributed by atoms with Crippen molar-refractivity contribution in [2.75, 3.05) is 24.9 Å². The molecule has 0 atom stereocenters. The van der Waals surface area contributed by atoms with Gasteiger partial charge in [-0.2, -0.15) is 0 Å². The van der Waals surface area contributed by atoms with Gasteiger partial charge in [-0.25, -0.2) is 4.98 Å². The maximum atomic E-state index is 12.5. The topological polar surface area (TPSA) is 72.5 Å². The molecule has 0 fully saturated rings. The van der Waals surface area contributed by atoms with E-state index in [1.54, 1.807) is 44.7 Å². The van der Waals surface area contributed by atoms with Crippen LogP contribution >= 0.6 is 0 Å². The predicted molar refractivity (Wildman–Crippen MR) is 110 cm³/mol. The van der Waals surface area contributed by atoms with Gasteiger partial charge < -0.3 is 20.1 Å². The summed E-state index contributed by atoms with van der Waals surface area (Å²) in [5.41, 5.74) is 3.73. The van der Waals surface area contributed by atoms with Crippen molar-refractivity contribution in [3.8, 4) is 11.5 Å². The minimum Gasteiger partial charge on any atom is -0.497 e. The number of aromatic nitrogens is 1. The van der Waals surface area contributed by atoms with Crippen LogP contribution in [-0.2, 0) is 6.54 Å². The normalized spacial score (nSPS) is 10.2. The van der Waals surface area contributed by atoms with Crippen LogP contribution in [0.5, 0.6) is 11.5 Å². The van der Waals surface area contributed by atoms with Gasteiger partial charge in [0.2, 0.25) is 0 Å². The minimum atomic E-state index is -0.287.